The van der Waals surface area contributed by atoms with E-state index >= 15 is 0 Å². The van der Waals surface area contributed by atoms with Crippen LogP contribution in [0, 0.1) is 0 Å². The molecule has 2 rings (SSSR count). The minimum atomic E-state index is -0.677. The van der Waals surface area contributed by atoms with Crippen molar-refractivity contribution in [3.8, 4) is 0 Å². The highest BCUT2D eigenvalue weighted by atomic mass is 79.9. The maximum atomic E-state index is 12.5. The number of nitrogens with one attached hydrogen (secondary N) is 1. The molecule has 3 N–H and O–H groups in total. The van der Waals surface area contributed by atoms with Crippen LogP contribution in [-0.4, -0.2) is 10.9 Å². The summed E-state index contributed by atoms with van der Waals surface area (Å²) in [7, 11) is 0. The number of carbonyl (C=O) groups excluding carboxylic acids is 1. The average molecular weight is 384 g/mol. The Balaban J connectivity index is 2.26. The maximum Gasteiger partial charge on any atom is 0.238 e. The van der Waals surface area contributed by atoms with Crippen molar-refractivity contribution in [2.75, 3.05) is 5.32 Å². The van der Waals surface area contributed by atoms with Gasteiger partial charge >= 0.3 is 0 Å². The molecule has 21 heavy (non-hydrogen) atoms. The van der Waals surface area contributed by atoms with Crippen LogP contribution in [0.1, 0.15) is 11.5 Å². The predicted octanol–water partition coefficient (Wildman–Crippen LogP) is 4.11. The molecule has 6 heteroatoms. The van der Waals surface area contributed by atoms with Crippen molar-refractivity contribution < 1.29 is 4.79 Å². The largest absolute Gasteiger partial charge is 0.392 e. The summed E-state index contributed by atoms with van der Waals surface area (Å²) in [5, 5.41) is 3.38. The lowest BCUT2D eigenvalue weighted by Crippen LogP contribution is -2.31. The molecule has 2 aromatic carbocycles. The maximum absolute atomic E-state index is 12.5. The molecule has 0 bridgehead atoms. The first kappa shape index (κ1) is 15.9. The number of benzene rings is 2. The van der Waals surface area contributed by atoms with E-state index in [1.54, 1.807) is 18.2 Å². The van der Waals surface area contributed by atoms with Gasteiger partial charge in [0, 0.05) is 9.50 Å². The van der Waals surface area contributed by atoms with Crippen LogP contribution in [0.2, 0.25) is 5.02 Å². The molecular formula is C15H12BrClN2OS. The van der Waals surface area contributed by atoms with E-state index in [1.807, 2.05) is 30.3 Å². The number of nitrogens with two attached hydrogens (primary N) is 1. The smallest absolute Gasteiger partial charge is 0.238 e. The lowest BCUT2D eigenvalue weighted by Gasteiger charge is -2.16. The van der Waals surface area contributed by atoms with Gasteiger partial charge in [0.15, 0.2) is 0 Å². The van der Waals surface area contributed by atoms with Crippen LogP contribution in [0.25, 0.3) is 0 Å². The molecule has 0 heterocycles. The fourth-order valence-electron chi connectivity index (χ4n) is 1.89. The number of halogens is 2. The zero-order valence-corrected chi connectivity index (χ0v) is 14.0. The van der Waals surface area contributed by atoms with E-state index in [0.29, 0.717) is 15.2 Å². The van der Waals surface area contributed by atoms with Crippen molar-refractivity contribution in [3.63, 3.8) is 0 Å². The lowest BCUT2D eigenvalue weighted by molar-refractivity contribution is -0.116. The third-order valence-corrected chi connectivity index (χ3v) is 4.00. The first-order valence-electron chi connectivity index (χ1n) is 6.09. The van der Waals surface area contributed by atoms with E-state index in [4.69, 9.17) is 29.6 Å². The second kappa shape index (κ2) is 7.02. The van der Waals surface area contributed by atoms with Crippen molar-refractivity contribution in [1.82, 2.24) is 0 Å². The van der Waals surface area contributed by atoms with Crippen LogP contribution in [0.15, 0.2) is 53.0 Å². The summed E-state index contributed by atoms with van der Waals surface area (Å²) in [6, 6.07) is 14.3. The molecule has 0 aliphatic carbocycles. The van der Waals surface area contributed by atoms with Crippen LogP contribution in [-0.2, 0) is 4.79 Å². The Morgan fingerprint density at radius 1 is 1.24 bits per heavy atom. The molecule has 1 amide bonds. The monoisotopic (exact) mass is 382 g/mol. The Labute approximate surface area is 141 Å². The van der Waals surface area contributed by atoms with Crippen molar-refractivity contribution in [2.45, 2.75) is 5.92 Å². The van der Waals surface area contributed by atoms with E-state index in [-0.39, 0.29) is 10.9 Å². The van der Waals surface area contributed by atoms with Gasteiger partial charge in [0.05, 0.1) is 10.7 Å². The fraction of sp³-hybridized carbons (Fsp3) is 0.0667. The molecule has 0 radical (unpaired) electrons. The van der Waals surface area contributed by atoms with Gasteiger partial charge < -0.3 is 11.1 Å². The second-order valence-electron chi connectivity index (χ2n) is 4.36. The number of thiocarbonyl (C=S) groups is 1. The minimum absolute atomic E-state index is 0.129. The zero-order chi connectivity index (χ0) is 15.4. The Bertz CT molecular complexity index is 679. The van der Waals surface area contributed by atoms with Crippen molar-refractivity contribution in [3.05, 3.63) is 63.6 Å². The Morgan fingerprint density at radius 2 is 1.90 bits per heavy atom. The number of carbonyl (C=O) groups is 1. The van der Waals surface area contributed by atoms with Crippen LogP contribution in [0.4, 0.5) is 5.69 Å². The summed E-state index contributed by atoms with van der Waals surface area (Å²) in [5.74, 6) is -0.958. The predicted molar refractivity (Wildman–Crippen MR) is 93.8 cm³/mol. The Kier molecular flexibility index (Phi) is 5.33. The van der Waals surface area contributed by atoms with Gasteiger partial charge in [-0.05, 0) is 39.7 Å². The highest BCUT2D eigenvalue weighted by molar-refractivity contribution is 9.10. The average Bonchev–Trinajstić information content (AvgIpc) is 2.43. The summed E-state index contributed by atoms with van der Waals surface area (Å²) in [4.78, 5) is 12.6. The summed E-state index contributed by atoms with van der Waals surface area (Å²) in [6.07, 6.45) is 0. The first-order chi connectivity index (χ1) is 9.99. The van der Waals surface area contributed by atoms with Crippen LogP contribution >= 0.6 is 39.7 Å². The van der Waals surface area contributed by atoms with Crippen LogP contribution in [0.5, 0.6) is 0 Å². The topological polar surface area (TPSA) is 55.1 Å². The first-order valence-corrected chi connectivity index (χ1v) is 7.67. The van der Waals surface area contributed by atoms with Gasteiger partial charge in [-0.3, -0.25) is 4.79 Å². The number of hydrogen-bond donors (Lipinski definition) is 2. The van der Waals surface area contributed by atoms with E-state index in [9.17, 15) is 4.79 Å². The standard InChI is InChI=1S/C15H12BrClN2OS/c16-11-8-10(17)6-7-12(11)19-15(20)13(14(18)21)9-4-2-1-3-5-9/h1-8,13H,(H2,18,21)(H,19,20). The van der Waals surface area contributed by atoms with Gasteiger partial charge in [-0.25, -0.2) is 0 Å². The normalized spacial score (nSPS) is 11.7. The van der Waals surface area contributed by atoms with Crippen molar-refractivity contribution >= 4 is 56.3 Å². The summed E-state index contributed by atoms with van der Waals surface area (Å²) in [5.41, 5.74) is 7.09. The minimum Gasteiger partial charge on any atom is -0.392 e. The summed E-state index contributed by atoms with van der Waals surface area (Å²) < 4.78 is 0.693. The second-order valence-corrected chi connectivity index (χ2v) is 6.12. The number of anilines is 1. The molecule has 2 aromatic rings. The van der Waals surface area contributed by atoms with E-state index < -0.39 is 5.92 Å². The molecule has 0 fully saturated rings. The molecule has 0 aromatic heterocycles. The zero-order valence-electron chi connectivity index (χ0n) is 10.8. The van der Waals surface area contributed by atoms with Gasteiger partial charge in [-0.1, -0.05) is 54.2 Å². The van der Waals surface area contributed by atoms with Gasteiger partial charge in [0.2, 0.25) is 5.91 Å². The molecule has 108 valence electrons. The molecule has 0 aliphatic rings. The highest BCUT2D eigenvalue weighted by Crippen LogP contribution is 2.27. The molecule has 1 unspecified atom stereocenters. The summed E-state index contributed by atoms with van der Waals surface area (Å²) >= 11 is 14.3. The fourth-order valence-corrected chi connectivity index (χ4v) is 2.91. The summed E-state index contributed by atoms with van der Waals surface area (Å²) in [6.45, 7) is 0. The van der Waals surface area contributed by atoms with Gasteiger partial charge in [-0.2, -0.15) is 0 Å². The molecule has 0 spiro atoms. The van der Waals surface area contributed by atoms with E-state index in [0.717, 1.165) is 5.56 Å². The third kappa shape index (κ3) is 4.03. The lowest BCUT2D eigenvalue weighted by atomic mass is 9.98. The van der Waals surface area contributed by atoms with Crippen molar-refractivity contribution in [1.29, 1.82) is 0 Å². The van der Waals surface area contributed by atoms with E-state index in [1.165, 1.54) is 0 Å². The van der Waals surface area contributed by atoms with Crippen molar-refractivity contribution in [2.24, 2.45) is 5.73 Å². The molecule has 1 atom stereocenters. The SMILES string of the molecule is NC(=S)C(C(=O)Nc1ccc(Cl)cc1Br)c1ccccc1. The number of rotatable bonds is 4. The van der Waals surface area contributed by atoms with Gasteiger partial charge in [0.1, 0.15) is 5.92 Å². The Hall–Kier alpha value is -1.43. The third-order valence-electron chi connectivity index (χ3n) is 2.87. The number of amides is 1. The van der Waals surface area contributed by atoms with Gasteiger partial charge in [-0.15, -0.1) is 0 Å². The highest BCUT2D eigenvalue weighted by Gasteiger charge is 2.23. The molecule has 0 saturated carbocycles. The Morgan fingerprint density at radius 3 is 2.48 bits per heavy atom. The molecule has 3 nitrogen and oxygen atoms in total. The molecule has 0 aliphatic heterocycles. The van der Waals surface area contributed by atoms with Crippen LogP contribution < -0.4 is 11.1 Å². The quantitative estimate of drug-likeness (QED) is 0.781. The van der Waals surface area contributed by atoms with E-state index in [2.05, 4.69) is 21.2 Å². The van der Waals surface area contributed by atoms with Crippen LogP contribution in [0.3, 0.4) is 0 Å². The molecule has 0 saturated heterocycles. The van der Waals surface area contributed by atoms with Gasteiger partial charge in [0.25, 0.3) is 0 Å². The molecular weight excluding hydrogens is 372 g/mol. The number of hydrogen-bond acceptors (Lipinski definition) is 2.